The van der Waals surface area contributed by atoms with Gasteiger partial charge in [0, 0.05) is 12.1 Å². The van der Waals surface area contributed by atoms with Crippen LogP contribution in [0.15, 0.2) is 28.8 Å². The van der Waals surface area contributed by atoms with E-state index in [1.165, 1.54) is 0 Å². The third-order valence-electron chi connectivity index (χ3n) is 3.89. The molecule has 0 bridgehead atoms. The zero-order chi connectivity index (χ0) is 15.5. The maximum absolute atomic E-state index is 6.18. The minimum Gasteiger partial charge on any atom is -0.370 e. The van der Waals surface area contributed by atoms with Crippen LogP contribution in [0.25, 0.3) is 0 Å². The molecule has 0 saturated carbocycles. The lowest BCUT2D eigenvalue weighted by Gasteiger charge is -2.25. The van der Waals surface area contributed by atoms with Crippen LogP contribution in [-0.2, 0) is 10.3 Å². The Morgan fingerprint density at radius 1 is 1.33 bits per heavy atom. The third kappa shape index (κ3) is 2.95. The normalized spacial score (nSPS) is 13.4. The number of nitrogens with zero attached hydrogens (tertiary/aromatic N) is 2. The van der Waals surface area contributed by atoms with Crippen LogP contribution in [0, 0.1) is 0 Å². The van der Waals surface area contributed by atoms with Gasteiger partial charge < -0.3 is 15.0 Å². The number of nitrogens with two attached hydrogens (primary N) is 1. The largest absolute Gasteiger partial charge is 0.370 e. The highest BCUT2D eigenvalue weighted by molar-refractivity contribution is 6.31. The molecule has 2 aromatic rings. The molecule has 2 rings (SSSR count). The minimum atomic E-state index is -0.553. The molecular weight excluding hydrogens is 290 g/mol. The van der Waals surface area contributed by atoms with E-state index in [0.29, 0.717) is 16.7 Å². The predicted octanol–water partition coefficient (Wildman–Crippen LogP) is 3.43. The van der Waals surface area contributed by atoms with Crippen molar-refractivity contribution in [2.45, 2.75) is 38.3 Å². The van der Waals surface area contributed by atoms with Crippen molar-refractivity contribution < 1.29 is 9.26 Å². The second kappa shape index (κ2) is 6.56. The molecular formula is C15H20ClN3O2. The molecule has 6 heteroatoms. The van der Waals surface area contributed by atoms with Crippen LogP contribution in [0.3, 0.4) is 0 Å². The molecule has 21 heavy (non-hydrogen) atoms. The number of methoxy groups -OCH3 is 1. The molecule has 1 aromatic heterocycles. The highest BCUT2D eigenvalue weighted by Crippen LogP contribution is 2.32. The molecule has 0 aliphatic carbocycles. The highest BCUT2D eigenvalue weighted by Gasteiger charge is 2.34. The third-order valence-corrected chi connectivity index (χ3v) is 4.23. The number of benzene rings is 1. The van der Waals surface area contributed by atoms with Crippen molar-refractivity contribution in [3.05, 3.63) is 46.6 Å². The minimum absolute atomic E-state index is 0.335. The summed E-state index contributed by atoms with van der Waals surface area (Å²) in [5.74, 6) is 0.855. The molecule has 0 aliphatic rings. The molecule has 114 valence electrons. The van der Waals surface area contributed by atoms with E-state index >= 15 is 0 Å². The summed E-state index contributed by atoms with van der Waals surface area (Å²) in [6.07, 6.45) is 1.50. The Kier molecular flexibility index (Phi) is 4.98. The molecule has 0 fully saturated rings. The van der Waals surface area contributed by atoms with Gasteiger partial charge in [-0.1, -0.05) is 48.8 Å². The Morgan fingerprint density at radius 3 is 2.57 bits per heavy atom. The zero-order valence-corrected chi connectivity index (χ0v) is 13.2. The molecule has 0 saturated heterocycles. The van der Waals surface area contributed by atoms with Gasteiger partial charge in [-0.15, -0.1) is 0 Å². The van der Waals surface area contributed by atoms with Gasteiger partial charge >= 0.3 is 0 Å². The monoisotopic (exact) mass is 309 g/mol. The van der Waals surface area contributed by atoms with E-state index in [0.717, 1.165) is 18.4 Å². The Bertz CT molecular complexity index is 588. The smallest absolute Gasteiger partial charge is 0.248 e. The molecule has 0 radical (unpaired) electrons. The van der Waals surface area contributed by atoms with Crippen LogP contribution in [0.4, 0.5) is 0 Å². The van der Waals surface area contributed by atoms with Gasteiger partial charge in [-0.05, 0) is 24.5 Å². The van der Waals surface area contributed by atoms with Gasteiger partial charge in [-0.3, -0.25) is 0 Å². The summed E-state index contributed by atoms with van der Waals surface area (Å²) in [6.45, 7) is 4.05. The quantitative estimate of drug-likeness (QED) is 0.884. The van der Waals surface area contributed by atoms with Crippen molar-refractivity contribution in [2.75, 3.05) is 7.11 Å². The van der Waals surface area contributed by atoms with Gasteiger partial charge in [-0.2, -0.15) is 4.98 Å². The summed E-state index contributed by atoms with van der Waals surface area (Å²) in [7, 11) is 1.65. The van der Waals surface area contributed by atoms with E-state index in [4.69, 9.17) is 26.6 Å². The fourth-order valence-electron chi connectivity index (χ4n) is 2.35. The first-order chi connectivity index (χ1) is 10.1. The van der Waals surface area contributed by atoms with E-state index in [1.54, 1.807) is 13.2 Å². The molecule has 0 unspecified atom stereocenters. The topological polar surface area (TPSA) is 74.2 Å². The SMILES string of the molecule is CCC(CC)(OC)c1noc([C@H](N)c2ccccc2Cl)n1. The average molecular weight is 310 g/mol. The predicted molar refractivity (Wildman–Crippen MR) is 81.0 cm³/mol. The van der Waals surface area contributed by atoms with Gasteiger partial charge in [0.25, 0.3) is 0 Å². The lowest BCUT2D eigenvalue weighted by molar-refractivity contribution is -0.0306. The molecule has 0 aliphatic heterocycles. The van der Waals surface area contributed by atoms with Crippen molar-refractivity contribution in [1.82, 2.24) is 10.1 Å². The number of halogens is 1. The lowest BCUT2D eigenvalue weighted by Crippen LogP contribution is -2.28. The zero-order valence-electron chi connectivity index (χ0n) is 12.5. The summed E-state index contributed by atoms with van der Waals surface area (Å²) >= 11 is 6.15. The number of hydrogen-bond donors (Lipinski definition) is 1. The molecule has 5 nitrogen and oxygen atoms in total. The summed E-state index contributed by atoms with van der Waals surface area (Å²) in [4.78, 5) is 4.43. The maximum atomic E-state index is 6.18. The van der Waals surface area contributed by atoms with E-state index in [2.05, 4.69) is 10.1 Å². The second-order valence-electron chi connectivity index (χ2n) is 4.86. The van der Waals surface area contributed by atoms with Crippen LogP contribution < -0.4 is 5.73 Å². The standard InChI is InChI=1S/C15H20ClN3O2/c1-4-15(5-2,20-3)14-18-13(21-19-14)12(17)10-8-6-7-9-11(10)16/h6-9,12H,4-5,17H2,1-3H3/t12-/m1/s1. The molecule has 0 spiro atoms. The van der Waals surface area contributed by atoms with Crippen molar-refractivity contribution in [3.8, 4) is 0 Å². The van der Waals surface area contributed by atoms with Gasteiger partial charge in [-0.25, -0.2) is 0 Å². The Morgan fingerprint density at radius 2 is 2.00 bits per heavy atom. The number of aromatic nitrogens is 2. The number of hydrogen-bond acceptors (Lipinski definition) is 5. The molecule has 1 aromatic carbocycles. The van der Waals surface area contributed by atoms with Gasteiger partial charge in [0.15, 0.2) is 0 Å². The number of rotatable bonds is 6. The van der Waals surface area contributed by atoms with Gasteiger partial charge in [0.2, 0.25) is 11.7 Å². The van der Waals surface area contributed by atoms with Gasteiger partial charge in [0.05, 0.1) is 0 Å². The second-order valence-corrected chi connectivity index (χ2v) is 5.27. The van der Waals surface area contributed by atoms with Gasteiger partial charge in [0.1, 0.15) is 11.6 Å². The molecule has 1 heterocycles. The molecule has 0 amide bonds. The first kappa shape index (κ1) is 15.9. The lowest BCUT2D eigenvalue weighted by atomic mass is 9.96. The van der Waals surface area contributed by atoms with Crippen molar-refractivity contribution >= 4 is 11.6 Å². The fourth-order valence-corrected chi connectivity index (χ4v) is 2.61. The van der Waals surface area contributed by atoms with E-state index < -0.39 is 11.6 Å². The van der Waals surface area contributed by atoms with Crippen LogP contribution in [-0.4, -0.2) is 17.3 Å². The number of ether oxygens (including phenoxy) is 1. The molecule has 2 N–H and O–H groups in total. The Labute approximate surface area is 129 Å². The molecule has 1 atom stereocenters. The Hall–Kier alpha value is -1.43. The van der Waals surface area contributed by atoms with Crippen LogP contribution >= 0.6 is 11.6 Å². The summed E-state index contributed by atoms with van der Waals surface area (Å²) < 4.78 is 10.9. The van der Waals surface area contributed by atoms with E-state index in [1.807, 2.05) is 32.0 Å². The Balaban J connectivity index is 2.34. The average Bonchev–Trinajstić information content (AvgIpc) is 3.00. The van der Waals surface area contributed by atoms with Crippen LogP contribution in [0.5, 0.6) is 0 Å². The summed E-state index contributed by atoms with van der Waals surface area (Å²) in [6, 6.07) is 6.80. The highest BCUT2D eigenvalue weighted by atomic mass is 35.5. The summed E-state index contributed by atoms with van der Waals surface area (Å²) in [5.41, 5.74) is 6.39. The van der Waals surface area contributed by atoms with Crippen molar-refractivity contribution in [1.29, 1.82) is 0 Å². The van der Waals surface area contributed by atoms with Crippen molar-refractivity contribution in [3.63, 3.8) is 0 Å². The maximum Gasteiger partial charge on any atom is 0.248 e. The van der Waals surface area contributed by atoms with E-state index in [9.17, 15) is 0 Å². The fraction of sp³-hybridized carbons (Fsp3) is 0.467. The van der Waals surface area contributed by atoms with Crippen LogP contribution in [0.1, 0.15) is 50.0 Å². The van der Waals surface area contributed by atoms with Crippen LogP contribution in [0.2, 0.25) is 5.02 Å². The first-order valence-electron chi connectivity index (χ1n) is 6.97. The van der Waals surface area contributed by atoms with Crippen molar-refractivity contribution in [2.24, 2.45) is 5.73 Å². The first-order valence-corrected chi connectivity index (χ1v) is 7.35. The summed E-state index contributed by atoms with van der Waals surface area (Å²) in [5, 5.41) is 4.62. The van der Waals surface area contributed by atoms with E-state index in [-0.39, 0.29) is 0 Å².